The second kappa shape index (κ2) is 5.91. The standard InChI is InChI=1S/C20H19N3O3/c1-11-4-6-12(7-5-11)17-16-18(22-21-17)20(25)23(2)19(16)13-8-9-14(24)15(10-13)26-3/h4-10,19,24H,1-3H3,(H,21,22). The van der Waals surface area contributed by atoms with Crippen LogP contribution in [0.15, 0.2) is 42.5 Å². The van der Waals surface area contributed by atoms with Gasteiger partial charge in [-0.05, 0) is 24.6 Å². The molecule has 1 aliphatic heterocycles. The number of aromatic amines is 1. The summed E-state index contributed by atoms with van der Waals surface area (Å²) in [6.07, 6.45) is 0. The fourth-order valence-corrected chi connectivity index (χ4v) is 3.45. The van der Waals surface area contributed by atoms with Crippen molar-refractivity contribution in [2.24, 2.45) is 0 Å². The van der Waals surface area contributed by atoms with Crippen molar-refractivity contribution in [3.05, 3.63) is 64.8 Å². The van der Waals surface area contributed by atoms with Crippen molar-refractivity contribution in [2.45, 2.75) is 13.0 Å². The number of rotatable bonds is 3. The average molecular weight is 349 g/mol. The maximum atomic E-state index is 12.7. The highest BCUT2D eigenvalue weighted by Gasteiger charge is 2.40. The highest BCUT2D eigenvalue weighted by atomic mass is 16.5. The zero-order valence-electron chi connectivity index (χ0n) is 14.8. The number of carbonyl (C=O) groups is 1. The Bertz CT molecular complexity index is 992. The molecule has 2 N–H and O–H groups in total. The number of hydrogen-bond acceptors (Lipinski definition) is 4. The third-order valence-electron chi connectivity index (χ3n) is 4.84. The lowest BCUT2D eigenvalue weighted by atomic mass is 9.95. The second-order valence-corrected chi connectivity index (χ2v) is 6.48. The van der Waals surface area contributed by atoms with Gasteiger partial charge in [-0.2, -0.15) is 5.10 Å². The minimum absolute atomic E-state index is 0.0643. The Balaban J connectivity index is 1.88. The Morgan fingerprint density at radius 3 is 2.62 bits per heavy atom. The van der Waals surface area contributed by atoms with Crippen molar-refractivity contribution < 1.29 is 14.6 Å². The van der Waals surface area contributed by atoms with Crippen molar-refractivity contribution in [1.29, 1.82) is 0 Å². The number of benzene rings is 2. The van der Waals surface area contributed by atoms with E-state index in [-0.39, 0.29) is 17.7 Å². The maximum absolute atomic E-state index is 12.7. The van der Waals surface area contributed by atoms with Gasteiger partial charge in [0.1, 0.15) is 5.69 Å². The Morgan fingerprint density at radius 1 is 1.19 bits per heavy atom. The van der Waals surface area contributed by atoms with Gasteiger partial charge in [-0.3, -0.25) is 9.89 Å². The van der Waals surface area contributed by atoms with E-state index in [1.165, 1.54) is 7.11 Å². The number of aryl methyl sites for hydroxylation is 1. The predicted molar refractivity (Wildman–Crippen MR) is 97.4 cm³/mol. The summed E-state index contributed by atoms with van der Waals surface area (Å²) in [7, 11) is 3.27. The summed E-state index contributed by atoms with van der Waals surface area (Å²) in [6, 6.07) is 12.9. The molecule has 1 amide bonds. The number of H-pyrrole nitrogens is 1. The number of amides is 1. The van der Waals surface area contributed by atoms with E-state index >= 15 is 0 Å². The van der Waals surface area contributed by atoms with Crippen LogP contribution >= 0.6 is 0 Å². The molecule has 2 aromatic carbocycles. The maximum Gasteiger partial charge on any atom is 0.272 e. The van der Waals surface area contributed by atoms with Crippen molar-refractivity contribution >= 4 is 5.91 Å². The van der Waals surface area contributed by atoms with E-state index in [1.807, 2.05) is 31.2 Å². The lowest BCUT2D eigenvalue weighted by Crippen LogP contribution is -2.24. The Kier molecular flexibility index (Phi) is 3.68. The van der Waals surface area contributed by atoms with Crippen LogP contribution in [0.1, 0.15) is 33.2 Å². The lowest BCUT2D eigenvalue weighted by molar-refractivity contribution is 0.0787. The van der Waals surface area contributed by atoms with Gasteiger partial charge in [0.2, 0.25) is 0 Å². The first kappa shape index (κ1) is 16.2. The van der Waals surface area contributed by atoms with Crippen LogP contribution in [0, 0.1) is 6.92 Å². The number of nitrogens with zero attached hydrogens (tertiary/aromatic N) is 2. The molecule has 0 radical (unpaired) electrons. The summed E-state index contributed by atoms with van der Waals surface area (Å²) < 4.78 is 5.23. The summed E-state index contributed by atoms with van der Waals surface area (Å²) in [5, 5.41) is 17.2. The van der Waals surface area contributed by atoms with Crippen molar-refractivity contribution in [1.82, 2.24) is 15.1 Å². The first-order valence-electron chi connectivity index (χ1n) is 8.30. The summed E-state index contributed by atoms with van der Waals surface area (Å²) in [6.45, 7) is 2.03. The Hall–Kier alpha value is -3.28. The normalized spacial score (nSPS) is 16.0. The van der Waals surface area contributed by atoms with Crippen LogP contribution in [0.4, 0.5) is 0 Å². The molecular formula is C20H19N3O3. The van der Waals surface area contributed by atoms with Crippen LogP contribution < -0.4 is 4.74 Å². The summed E-state index contributed by atoms with van der Waals surface area (Å²) in [5.74, 6) is 0.328. The van der Waals surface area contributed by atoms with Crippen molar-refractivity contribution in [3.8, 4) is 22.8 Å². The molecule has 1 unspecified atom stereocenters. The number of nitrogens with one attached hydrogen (secondary N) is 1. The monoisotopic (exact) mass is 349 g/mol. The number of methoxy groups -OCH3 is 1. The number of carbonyl (C=O) groups excluding carboxylic acids is 1. The molecule has 3 aromatic rings. The zero-order valence-corrected chi connectivity index (χ0v) is 14.8. The van der Waals surface area contributed by atoms with E-state index in [1.54, 1.807) is 30.1 Å². The van der Waals surface area contributed by atoms with Crippen LogP contribution in [0.5, 0.6) is 11.5 Å². The summed E-state index contributed by atoms with van der Waals surface area (Å²) >= 11 is 0. The molecule has 0 saturated carbocycles. The van der Waals surface area contributed by atoms with Crippen molar-refractivity contribution in [2.75, 3.05) is 14.2 Å². The Labute approximate surface area is 151 Å². The fourth-order valence-electron chi connectivity index (χ4n) is 3.45. The van der Waals surface area contributed by atoms with Gasteiger partial charge in [0.15, 0.2) is 11.5 Å². The first-order valence-corrected chi connectivity index (χ1v) is 8.30. The van der Waals surface area contributed by atoms with Crippen LogP contribution in [-0.4, -0.2) is 40.3 Å². The molecule has 0 fully saturated rings. The molecule has 6 nitrogen and oxygen atoms in total. The minimum Gasteiger partial charge on any atom is -0.504 e. The van der Waals surface area contributed by atoms with Gasteiger partial charge in [0.25, 0.3) is 5.91 Å². The molecule has 0 spiro atoms. The van der Waals surface area contributed by atoms with Crippen LogP contribution in [0.3, 0.4) is 0 Å². The molecule has 1 atom stereocenters. The molecule has 0 saturated heterocycles. The van der Waals surface area contributed by atoms with E-state index < -0.39 is 0 Å². The quantitative estimate of drug-likeness (QED) is 0.761. The van der Waals surface area contributed by atoms with E-state index in [2.05, 4.69) is 10.2 Å². The molecule has 1 aromatic heterocycles. The molecule has 132 valence electrons. The third kappa shape index (κ3) is 2.34. The van der Waals surface area contributed by atoms with Gasteiger partial charge in [-0.25, -0.2) is 0 Å². The average Bonchev–Trinajstić information content (AvgIpc) is 3.17. The van der Waals surface area contributed by atoms with Gasteiger partial charge < -0.3 is 14.7 Å². The van der Waals surface area contributed by atoms with Crippen LogP contribution in [-0.2, 0) is 0 Å². The minimum atomic E-state index is -0.304. The van der Waals surface area contributed by atoms with Crippen LogP contribution in [0.25, 0.3) is 11.3 Å². The number of aromatic nitrogens is 2. The highest BCUT2D eigenvalue weighted by Crippen LogP contribution is 2.43. The number of aromatic hydroxyl groups is 1. The lowest BCUT2D eigenvalue weighted by Gasteiger charge is -2.22. The topological polar surface area (TPSA) is 78.5 Å². The molecule has 0 bridgehead atoms. The second-order valence-electron chi connectivity index (χ2n) is 6.48. The van der Waals surface area contributed by atoms with Gasteiger partial charge in [0.05, 0.1) is 18.8 Å². The molecule has 2 heterocycles. The number of hydrogen-bond donors (Lipinski definition) is 2. The number of phenols is 1. The van der Waals surface area contributed by atoms with E-state index in [0.717, 1.165) is 27.9 Å². The Morgan fingerprint density at radius 2 is 1.92 bits per heavy atom. The molecular weight excluding hydrogens is 330 g/mol. The number of fused-ring (bicyclic) bond motifs is 1. The molecule has 0 aliphatic carbocycles. The number of ether oxygens (including phenoxy) is 1. The molecule has 4 rings (SSSR count). The van der Waals surface area contributed by atoms with Crippen LogP contribution in [0.2, 0.25) is 0 Å². The van der Waals surface area contributed by atoms with Crippen molar-refractivity contribution in [3.63, 3.8) is 0 Å². The van der Waals surface area contributed by atoms with Gasteiger partial charge in [-0.1, -0.05) is 35.9 Å². The molecule has 1 aliphatic rings. The largest absolute Gasteiger partial charge is 0.504 e. The van der Waals surface area contributed by atoms with E-state index in [4.69, 9.17) is 4.74 Å². The van der Waals surface area contributed by atoms with Gasteiger partial charge >= 0.3 is 0 Å². The van der Waals surface area contributed by atoms with Gasteiger partial charge in [0, 0.05) is 18.2 Å². The van der Waals surface area contributed by atoms with E-state index in [0.29, 0.717) is 11.4 Å². The predicted octanol–water partition coefficient (Wildman–Crippen LogP) is 3.27. The smallest absolute Gasteiger partial charge is 0.272 e. The van der Waals surface area contributed by atoms with E-state index in [9.17, 15) is 9.90 Å². The fraction of sp³-hybridized carbons (Fsp3) is 0.200. The number of phenolic OH excluding ortho intramolecular Hbond substituents is 1. The zero-order chi connectivity index (χ0) is 18.4. The summed E-state index contributed by atoms with van der Waals surface area (Å²) in [4.78, 5) is 14.3. The first-order chi connectivity index (χ1) is 12.5. The SMILES string of the molecule is COc1cc(C2c3c(-c4ccc(C)cc4)n[nH]c3C(=O)N2C)ccc1O. The summed E-state index contributed by atoms with van der Waals surface area (Å²) in [5.41, 5.74) is 5.06. The third-order valence-corrected chi connectivity index (χ3v) is 4.84. The molecule has 26 heavy (non-hydrogen) atoms. The molecule has 6 heteroatoms. The highest BCUT2D eigenvalue weighted by molar-refractivity contribution is 6.00. The van der Waals surface area contributed by atoms with Gasteiger partial charge in [-0.15, -0.1) is 0 Å².